The Labute approximate surface area is 326 Å². The van der Waals surface area contributed by atoms with Gasteiger partial charge in [-0.3, -0.25) is 33.6 Å². The van der Waals surface area contributed by atoms with Gasteiger partial charge in [-0.25, -0.2) is 0 Å². The number of primary amides is 1. The van der Waals surface area contributed by atoms with E-state index in [4.69, 9.17) is 11.5 Å². The summed E-state index contributed by atoms with van der Waals surface area (Å²) in [5.41, 5.74) is 12.9. The Balaban J connectivity index is 1.65. The second kappa shape index (κ2) is 20.8. The van der Waals surface area contributed by atoms with Crippen LogP contribution in [-0.4, -0.2) is 106 Å². The molecule has 17 nitrogen and oxygen atoms in total. The van der Waals surface area contributed by atoms with Gasteiger partial charge in [-0.15, -0.1) is 0 Å². The highest BCUT2D eigenvalue weighted by Crippen LogP contribution is 2.20. The van der Waals surface area contributed by atoms with Crippen LogP contribution < -0.4 is 38.1 Å². The van der Waals surface area contributed by atoms with Crippen molar-refractivity contribution in [2.75, 3.05) is 13.1 Å². The molecule has 0 aromatic heterocycles. The summed E-state index contributed by atoms with van der Waals surface area (Å²) in [7, 11) is 0. The summed E-state index contributed by atoms with van der Waals surface area (Å²) in [5, 5.41) is 32.2. The topological polar surface area (TPSA) is 275 Å². The lowest BCUT2D eigenvalue weighted by Gasteiger charge is -2.30. The zero-order chi connectivity index (χ0) is 41.7. The highest BCUT2D eigenvalue weighted by Gasteiger charge is 2.38. The summed E-state index contributed by atoms with van der Waals surface area (Å²) in [6, 6.07) is 6.01. The molecular formula is C39H56N8O9. The molecule has 7 amide bonds. The number of phenols is 2. The molecule has 6 atom stereocenters. The summed E-state index contributed by atoms with van der Waals surface area (Å²) in [6.45, 7) is 8.29. The maximum atomic E-state index is 13.8. The van der Waals surface area contributed by atoms with E-state index in [0.717, 1.165) is 0 Å². The van der Waals surface area contributed by atoms with E-state index in [2.05, 4.69) is 26.6 Å². The maximum absolute atomic E-state index is 13.8. The number of amides is 7. The molecule has 1 fully saturated rings. The Bertz CT molecular complexity index is 1700. The second-order valence-corrected chi connectivity index (χ2v) is 14.9. The van der Waals surface area contributed by atoms with Crippen LogP contribution >= 0.6 is 0 Å². The summed E-state index contributed by atoms with van der Waals surface area (Å²) in [5.74, 6) is -4.86. The van der Waals surface area contributed by atoms with Gasteiger partial charge in [0.15, 0.2) is 0 Å². The van der Waals surface area contributed by atoms with Gasteiger partial charge in [-0.1, -0.05) is 52.0 Å². The van der Waals surface area contributed by atoms with Gasteiger partial charge < -0.3 is 53.2 Å². The highest BCUT2D eigenvalue weighted by molar-refractivity contribution is 5.96. The average molecular weight is 781 g/mol. The average Bonchev–Trinajstić information content (AvgIpc) is 3.64. The lowest BCUT2D eigenvalue weighted by atomic mass is 10.00. The van der Waals surface area contributed by atoms with E-state index in [1.165, 1.54) is 36.1 Å². The number of likely N-dealkylation sites (tertiary alicyclic amines) is 1. The van der Waals surface area contributed by atoms with E-state index >= 15 is 0 Å². The van der Waals surface area contributed by atoms with Crippen LogP contribution in [-0.2, 0) is 46.4 Å². The minimum absolute atomic E-state index is 0.00327. The van der Waals surface area contributed by atoms with Gasteiger partial charge in [0.25, 0.3) is 0 Å². The fraction of sp³-hybridized carbons (Fsp3) is 0.513. The van der Waals surface area contributed by atoms with Gasteiger partial charge in [-0.2, -0.15) is 0 Å². The summed E-state index contributed by atoms with van der Waals surface area (Å²) < 4.78 is 0. The molecule has 1 saturated heterocycles. The first kappa shape index (κ1) is 44.7. The summed E-state index contributed by atoms with van der Waals surface area (Å²) in [4.78, 5) is 93.1. The number of carbonyl (C=O) groups is 7. The fourth-order valence-electron chi connectivity index (χ4n) is 6.27. The molecule has 0 spiro atoms. The molecule has 17 heteroatoms. The molecule has 1 aliphatic rings. The Hall–Kier alpha value is -5.71. The van der Waals surface area contributed by atoms with E-state index in [1.807, 2.05) is 13.8 Å². The Morgan fingerprint density at radius 3 is 1.84 bits per heavy atom. The van der Waals surface area contributed by atoms with Crippen molar-refractivity contribution < 1.29 is 43.8 Å². The number of benzene rings is 2. The fourth-order valence-corrected chi connectivity index (χ4v) is 6.27. The maximum Gasteiger partial charge on any atom is 0.245 e. The van der Waals surface area contributed by atoms with Gasteiger partial charge in [0, 0.05) is 13.0 Å². The standard InChI is InChI=1S/C39H56N8O9/c1-21(2)17-30(39(56)47-16-6-7-31(47)34(41)51)45-37(54)29(19-25-10-14-27(49)15-11-25)44-32(50)20-42-38(55)33(22(3)4)46-35(52)23(5)43-36(53)28(40)18-24-8-12-26(48)13-9-24/h8-15,21-23,28-31,33,48-49H,6-7,16-20,40H2,1-5H3,(H2,41,51)(H,42,55)(H,43,53)(H,44,50)(H,45,54)(H,46,52)/t23-,28-,29-,30-,31-,33-/m0/s1. The van der Waals surface area contributed by atoms with Crippen molar-refractivity contribution in [1.29, 1.82) is 0 Å². The van der Waals surface area contributed by atoms with Gasteiger partial charge >= 0.3 is 0 Å². The van der Waals surface area contributed by atoms with E-state index in [1.54, 1.807) is 38.1 Å². The van der Waals surface area contributed by atoms with E-state index < -0.39 is 90.1 Å². The zero-order valence-corrected chi connectivity index (χ0v) is 32.5. The van der Waals surface area contributed by atoms with Gasteiger partial charge in [0.2, 0.25) is 41.4 Å². The molecule has 2 aromatic rings. The Morgan fingerprint density at radius 1 is 0.732 bits per heavy atom. The molecule has 306 valence electrons. The molecule has 0 aliphatic carbocycles. The van der Waals surface area contributed by atoms with E-state index in [-0.39, 0.29) is 36.7 Å². The van der Waals surface area contributed by atoms with Crippen LogP contribution in [0.25, 0.3) is 0 Å². The zero-order valence-electron chi connectivity index (χ0n) is 32.5. The number of hydrogen-bond donors (Lipinski definition) is 9. The Morgan fingerprint density at radius 2 is 1.30 bits per heavy atom. The van der Waals surface area contributed by atoms with Crippen LogP contribution in [0.1, 0.15) is 65.0 Å². The van der Waals surface area contributed by atoms with Crippen molar-refractivity contribution in [2.24, 2.45) is 23.3 Å². The van der Waals surface area contributed by atoms with Crippen molar-refractivity contribution in [3.8, 4) is 11.5 Å². The number of nitrogens with zero attached hydrogens (tertiary/aromatic N) is 1. The van der Waals surface area contributed by atoms with Crippen LogP contribution in [0, 0.1) is 11.8 Å². The van der Waals surface area contributed by atoms with Crippen molar-refractivity contribution in [3.63, 3.8) is 0 Å². The number of aromatic hydroxyl groups is 2. The minimum Gasteiger partial charge on any atom is -0.508 e. The third-order valence-corrected chi connectivity index (χ3v) is 9.36. The Kier molecular flexibility index (Phi) is 16.6. The monoisotopic (exact) mass is 780 g/mol. The number of hydrogen-bond acceptors (Lipinski definition) is 10. The highest BCUT2D eigenvalue weighted by atomic mass is 16.3. The number of nitrogens with one attached hydrogen (secondary N) is 5. The van der Waals surface area contributed by atoms with Gasteiger partial charge in [0.1, 0.15) is 41.7 Å². The molecule has 0 bridgehead atoms. The lowest BCUT2D eigenvalue weighted by molar-refractivity contribution is -0.141. The largest absolute Gasteiger partial charge is 0.508 e. The normalized spacial score (nSPS) is 16.6. The quantitative estimate of drug-likeness (QED) is 0.0879. The predicted octanol–water partition coefficient (Wildman–Crippen LogP) is -0.536. The third-order valence-electron chi connectivity index (χ3n) is 9.36. The first-order chi connectivity index (χ1) is 26.4. The minimum atomic E-state index is -1.22. The number of nitrogens with two attached hydrogens (primary N) is 2. The lowest BCUT2D eigenvalue weighted by Crippen LogP contribution is -2.58. The van der Waals surface area contributed by atoms with Crippen LogP contribution in [0.5, 0.6) is 11.5 Å². The van der Waals surface area contributed by atoms with E-state index in [9.17, 15) is 43.8 Å². The SMILES string of the molecule is CC(C)C[C@H](NC(=O)[C@H](Cc1ccc(O)cc1)NC(=O)CNC(=O)[C@@H](NC(=O)[C@H](C)NC(=O)[C@@H](N)Cc1ccc(O)cc1)C(C)C)C(=O)N1CCC[C@H]1C(N)=O. The first-order valence-corrected chi connectivity index (χ1v) is 18.8. The van der Waals surface area contributed by atoms with Crippen molar-refractivity contribution in [3.05, 3.63) is 59.7 Å². The molecule has 2 aromatic carbocycles. The molecule has 1 heterocycles. The van der Waals surface area contributed by atoms with Crippen LogP contribution in [0.3, 0.4) is 0 Å². The molecular weight excluding hydrogens is 724 g/mol. The predicted molar refractivity (Wildman–Crippen MR) is 206 cm³/mol. The molecule has 56 heavy (non-hydrogen) atoms. The molecule has 0 radical (unpaired) electrons. The van der Waals surface area contributed by atoms with Crippen LogP contribution in [0.2, 0.25) is 0 Å². The van der Waals surface area contributed by atoms with Crippen molar-refractivity contribution in [1.82, 2.24) is 31.5 Å². The van der Waals surface area contributed by atoms with Crippen molar-refractivity contribution in [2.45, 2.75) is 103 Å². The number of carbonyl (C=O) groups excluding carboxylic acids is 7. The van der Waals surface area contributed by atoms with Crippen LogP contribution in [0.15, 0.2) is 48.5 Å². The molecule has 11 N–H and O–H groups in total. The summed E-state index contributed by atoms with van der Waals surface area (Å²) in [6.07, 6.45) is 1.38. The van der Waals surface area contributed by atoms with Crippen molar-refractivity contribution >= 4 is 41.4 Å². The van der Waals surface area contributed by atoms with Gasteiger partial charge in [-0.05, 0) is 79.8 Å². The van der Waals surface area contributed by atoms with E-state index in [0.29, 0.717) is 30.5 Å². The smallest absolute Gasteiger partial charge is 0.245 e. The van der Waals surface area contributed by atoms with Gasteiger partial charge in [0.05, 0.1) is 12.6 Å². The van der Waals surface area contributed by atoms with Crippen LogP contribution in [0.4, 0.5) is 0 Å². The first-order valence-electron chi connectivity index (χ1n) is 18.8. The molecule has 0 unspecified atom stereocenters. The second-order valence-electron chi connectivity index (χ2n) is 14.9. The summed E-state index contributed by atoms with van der Waals surface area (Å²) >= 11 is 0. The molecule has 1 aliphatic heterocycles. The third kappa shape index (κ3) is 13.5. The molecule has 3 rings (SSSR count). The number of rotatable bonds is 19. The molecule has 0 saturated carbocycles. The number of phenolic OH excluding ortho intramolecular Hbond substituents is 2.